The first kappa shape index (κ1) is 70.9. The molecule has 0 unspecified atom stereocenters. The summed E-state index contributed by atoms with van der Waals surface area (Å²) in [5, 5.41) is 26.1. The van der Waals surface area contributed by atoms with Crippen LogP contribution in [0.2, 0.25) is 18.1 Å². The summed E-state index contributed by atoms with van der Waals surface area (Å²) in [4.78, 5) is 8.22. The summed E-state index contributed by atoms with van der Waals surface area (Å²) in [5.41, 5.74) is 12.2. The number of oxime groups is 2. The molecule has 0 amide bonds. The predicted octanol–water partition coefficient (Wildman–Crippen LogP) is -2.39. The average Bonchev–Trinajstić information content (AvgIpc) is 2.08. The van der Waals surface area contributed by atoms with Crippen molar-refractivity contribution in [2.45, 2.75) is 78.4 Å². The first-order valence-electron chi connectivity index (χ1n) is 28.3. The fourth-order valence-corrected chi connectivity index (χ4v) is 12.3. The number of nitrogens with zero attached hydrogens (tertiary/aromatic N) is 4. The molecule has 85 heavy (non-hydrogen) atoms. The minimum absolute atomic E-state index is 0.146. The van der Waals surface area contributed by atoms with Gasteiger partial charge in [0.05, 0.1) is 35.2 Å². The Labute approximate surface area is 537 Å². The van der Waals surface area contributed by atoms with E-state index < -0.39 is 110 Å². The Balaban J connectivity index is 0.000000208. The fraction of sp³-hybridized carbons (Fsp3) is 0.300. The molecular weight excluding hydrogens is 1020 g/mol. The molecule has 4 heterocycles. The Morgan fingerprint density at radius 2 is 0.835 bits per heavy atom. The SMILES string of the molecule is Cc1oc2cnccc2c1Nc1ccc2c(c1)CC/C2=N/O.Cc1oc2cnccc2c1Nc1ccc2c(c1)CC/C2=N/O[Si](C)(C)C(C)(C)C.[B]B([B])B(B([B])[B])B(B([B])[B])B(B(B([B])[B])B([B])[B])B(B(B([B])[B])B([B])[B])B(B([B])[B])B([B])[B]. The van der Waals surface area contributed by atoms with Crippen molar-refractivity contribution in [3.05, 3.63) is 107 Å². The normalized spacial score (nSPS) is 13.2. The number of nitrogens with one attached hydrogen (secondary N) is 2. The van der Waals surface area contributed by atoms with E-state index in [0.29, 0.717) is 0 Å². The number of furan rings is 2. The molecule has 3 N–H and O–H groups in total. The average molecular weight is 1070 g/mol. The summed E-state index contributed by atoms with van der Waals surface area (Å²) < 4.78 is 17.6. The van der Waals surface area contributed by atoms with Gasteiger partial charge in [0.2, 0.25) is 0 Å². The lowest BCUT2D eigenvalue weighted by Gasteiger charge is -2.52. The molecule has 2 aliphatic rings. The smallest absolute Gasteiger partial charge is 0.286 e. The van der Waals surface area contributed by atoms with E-state index in [-0.39, 0.29) is 5.04 Å². The van der Waals surface area contributed by atoms with Crippen LogP contribution >= 0.6 is 0 Å². The first-order valence-corrected chi connectivity index (χ1v) is 31.3. The highest BCUT2D eigenvalue weighted by Gasteiger charge is 2.54. The highest BCUT2D eigenvalue weighted by Crippen LogP contribution is 2.39. The molecule has 0 atom stereocenters. The van der Waals surface area contributed by atoms with Crippen LogP contribution in [0.25, 0.3) is 21.9 Å². The number of aryl methyl sites for hydroxylation is 4. The van der Waals surface area contributed by atoms with Crippen LogP contribution in [0.15, 0.2) is 92.5 Å². The zero-order valence-corrected chi connectivity index (χ0v) is 50.8. The Kier molecular flexibility index (Phi) is 25.5. The van der Waals surface area contributed by atoms with Crippen LogP contribution in [-0.4, -0.2) is 276 Å². The summed E-state index contributed by atoms with van der Waals surface area (Å²) >= 11 is 0. The maximum Gasteiger partial charge on any atom is 0.286 e. The van der Waals surface area contributed by atoms with Crippen LogP contribution in [0.5, 0.6) is 0 Å². The minimum Gasteiger partial charge on any atom is -0.457 e. The van der Waals surface area contributed by atoms with E-state index in [1.165, 1.54) is 16.7 Å². The van der Waals surface area contributed by atoms with Crippen molar-refractivity contribution >= 4 is 306 Å². The van der Waals surface area contributed by atoms with Crippen molar-refractivity contribution in [1.82, 2.24) is 9.97 Å². The molecule has 45 heteroatoms. The van der Waals surface area contributed by atoms with Gasteiger partial charge in [0, 0.05) is 287 Å². The molecule has 8 rings (SSSR count). The standard InChI is InChI=1S/C23H29N3O2Si.C17H15N3O2.B34/c1-15-22(19-11-12-24-14-21(19)27-15)25-17-8-9-18-16(13-17)7-10-20(18)26-28-29(5,6)23(2,3)4;1-10-17(14-6-7-18-9-16(14)22-10)19-12-3-4-13-11(8-12)2-5-15(13)20-21;1-19(2)28(20(3)4)32(27(17)18)34(31(25(13)14)26(15)16)33(29(21(5)6)22(7)8)30(23(9)10)24(11)12/h8-9,11-14,25H,7,10H2,1-6H3;3-4,6-9,19,21H,2,5H2,1H3;/b26-20-;20-15-;. The molecule has 6 aromatic rings. The number of aromatic nitrogens is 2. The summed E-state index contributed by atoms with van der Waals surface area (Å²) in [6.45, 7) is 15.1. The van der Waals surface area contributed by atoms with Gasteiger partial charge >= 0.3 is 0 Å². The van der Waals surface area contributed by atoms with Gasteiger partial charge in [-0.15, -0.1) is 5.16 Å². The molecule has 0 aliphatic heterocycles. The zero-order chi connectivity index (χ0) is 63.2. The summed E-state index contributed by atoms with van der Waals surface area (Å²) in [6.07, 6.45) is -6.08. The first-order chi connectivity index (χ1) is 39.8. The molecular formula is C40H44B34N6O4Si. The summed E-state index contributed by atoms with van der Waals surface area (Å²) in [6, 6.07) is 16.5. The minimum atomic E-state index is -1.90. The number of rotatable bonds is 21. The van der Waals surface area contributed by atoms with Crippen LogP contribution in [-0.2, 0) is 17.4 Å². The van der Waals surface area contributed by atoms with Crippen molar-refractivity contribution < 1.29 is 18.6 Å². The maximum absolute atomic E-state index is 9.00. The third kappa shape index (κ3) is 17.0. The monoisotopic (exact) mass is 1070 g/mol. The lowest BCUT2D eigenvalue weighted by Crippen LogP contribution is -2.90. The van der Waals surface area contributed by atoms with Crippen LogP contribution in [0.3, 0.4) is 0 Å². The van der Waals surface area contributed by atoms with Gasteiger partial charge in [-0.05, 0) is 105 Å². The molecule has 364 valence electrons. The summed E-state index contributed by atoms with van der Waals surface area (Å²) in [5.74, 6) is 1.69. The second kappa shape index (κ2) is 30.5. The van der Waals surface area contributed by atoms with Crippen molar-refractivity contribution in [3.8, 4) is 0 Å². The topological polar surface area (TPSA) is 130 Å². The van der Waals surface area contributed by atoms with Crippen LogP contribution < -0.4 is 10.6 Å². The Morgan fingerprint density at radius 1 is 0.494 bits per heavy atom. The lowest BCUT2D eigenvalue weighted by molar-refractivity contribution is 0.307. The highest BCUT2D eigenvalue weighted by molar-refractivity contribution is 8.29. The van der Waals surface area contributed by atoms with Crippen molar-refractivity contribution in [3.63, 3.8) is 0 Å². The van der Waals surface area contributed by atoms with E-state index >= 15 is 0 Å². The highest BCUT2D eigenvalue weighted by atomic mass is 28.4. The van der Waals surface area contributed by atoms with Crippen LogP contribution in [0, 0.1) is 13.8 Å². The van der Waals surface area contributed by atoms with Crippen molar-refractivity contribution in [2.24, 2.45) is 10.3 Å². The van der Waals surface area contributed by atoms with Crippen molar-refractivity contribution in [1.29, 1.82) is 0 Å². The number of fused-ring (bicyclic) bond motifs is 4. The second-order valence-corrected chi connectivity index (χ2v) is 28.7. The Bertz CT molecular complexity index is 3190. The molecule has 4 aromatic heterocycles. The van der Waals surface area contributed by atoms with E-state index in [1.54, 1.807) is 24.8 Å². The van der Waals surface area contributed by atoms with Crippen molar-refractivity contribution in [2.75, 3.05) is 10.6 Å². The van der Waals surface area contributed by atoms with Gasteiger partial charge in [-0.1, -0.05) is 38.1 Å². The number of pyridine rings is 2. The van der Waals surface area contributed by atoms with E-state index in [2.05, 4.69) is 89.0 Å². The molecule has 36 radical (unpaired) electrons. The maximum atomic E-state index is 9.00. The van der Waals surface area contributed by atoms with Crippen LogP contribution in [0.4, 0.5) is 22.7 Å². The molecule has 0 spiro atoms. The Morgan fingerprint density at radius 3 is 1.19 bits per heavy atom. The van der Waals surface area contributed by atoms with Gasteiger partial charge in [-0.2, -0.15) is 0 Å². The van der Waals surface area contributed by atoms with E-state index in [1.807, 2.05) is 38.1 Å². The molecule has 2 aromatic carbocycles. The molecule has 10 nitrogen and oxygen atoms in total. The number of anilines is 4. The second-order valence-electron chi connectivity index (χ2n) is 24.0. The van der Waals surface area contributed by atoms with E-state index in [4.69, 9.17) is 158 Å². The molecule has 0 bridgehead atoms. The lowest BCUT2D eigenvalue weighted by atomic mass is 8.29. The summed E-state index contributed by atoms with van der Waals surface area (Å²) in [7, 11) is 108. The molecule has 0 saturated heterocycles. The fourth-order valence-electron chi connectivity index (χ4n) is 11.7. The number of benzene rings is 2. The van der Waals surface area contributed by atoms with Gasteiger partial charge in [0.25, 0.3) is 8.32 Å². The third-order valence-corrected chi connectivity index (χ3v) is 21.1. The molecule has 0 fully saturated rings. The van der Waals surface area contributed by atoms with Gasteiger partial charge in [0.1, 0.15) is 11.5 Å². The molecule has 2 aliphatic carbocycles. The van der Waals surface area contributed by atoms with Gasteiger partial charge < -0.3 is 29.2 Å². The predicted molar refractivity (Wildman–Crippen MR) is 402 cm³/mol. The zero-order valence-electron chi connectivity index (χ0n) is 49.8. The van der Waals surface area contributed by atoms with Gasteiger partial charge in [-0.25, -0.2) is 0 Å². The van der Waals surface area contributed by atoms with Gasteiger partial charge in [-0.3, -0.25) is 9.97 Å². The third-order valence-electron chi connectivity index (χ3n) is 16.9. The van der Waals surface area contributed by atoms with Gasteiger partial charge in [0.15, 0.2) is 11.2 Å². The number of hydrogen-bond donors (Lipinski definition) is 3. The molecule has 0 saturated carbocycles. The Hall–Kier alpha value is -3.22. The van der Waals surface area contributed by atoms with Crippen LogP contribution in [0.1, 0.15) is 67.4 Å². The van der Waals surface area contributed by atoms with E-state index in [0.717, 1.165) is 98.9 Å². The quantitative estimate of drug-likeness (QED) is 0.0415. The number of hydrogen-bond acceptors (Lipinski definition) is 10. The van der Waals surface area contributed by atoms with E-state index in [9.17, 15) is 0 Å². The largest absolute Gasteiger partial charge is 0.457 e.